The fourth-order valence-corrected chi connectivity index (χ4v) is 3.10. The molecule has 1 aromatic carbocycles. The average Bonchev–Trinajstić information content (AvgIpc) is 3.02. The molecule has 0 aliphatic carbocycles. The number of halogens is 3. The Morgan fingerprint density at radius 2 is 2.07 bits per heavy atom. The van der Waals surface area contributed by atoms with E-state index in [1.165, 1.54) is 0 Å². The molecule has 146 valence electrons. The quantitative estimate of drug-likeness (QED) is 0.727. The summed E-state index contributed by atoms with van der Waals surface area (Å²) in [6, 6.07) is 2.84. The third-order valence-electron chi connectivity index (χ3n) is 4.46. The highest BCUT2D eigenvalue weighted by Crippen LogP contribution is 2.36. The van der Waals surface area contributed by atoms with Gasteiger partial charge in [-0.1, -0.05) is 0 Å². The first-order valence-electron chi connectivity index (χ1n) is 8.49. The molecule has 2 heterocycles. The molecule has 0 amide bonds. The van der Waals surface area contributed by atoms with Crippen LogP contribution < -0.4 is 5.32 Å². The molecular formula is C17H20F3N5O2. The number of anilines is 1. The van der Waals surface area contributed by atoms with Gasteiger partial charge in [-0.2, -0.15) is 13.2 Å². The molecule has 7 nitrogen and oxygen atoms in total. The first-order valence-corrected chi connectivity index (χ1v) is 8.49. The third kappa shape index (κ3) is 4.45. The number of β-amino-alcohol motifs (C(OH)–C–C–N with tert-alkyl or cyclic N) is 1. The topological polar surface area (TPSA) is 94.4 Å². The van der Waals surface area contributed by atoms with E-state index >= 15 is 0 Å². The maximum Gasteiger partial charge on any atom is 0.416 e. The minimum absolute atomic E-state index is 0.106. The van der Waals surface area contributed by atoms with Gasteiger partial charge in [0.05, 0.1) is 17.9 Å². The number of likely N-dealkylation sites (tertiary alicyclic amines) is 1. The lowest BCUT2D eigenvalue weighted by atomic mass is 10.1. The summed E-state index contributed by atoms with van der Waals surface area (Å²) >= 11 is 0. The summed E-state index contributed by atoms with van der Waals surface area (Å²) in [5, 5.41) is 30.1. The number of nitrogens with zero attached hydrogens (tertiary/aromatic N) is 4. The van der Waals surface area contributed by atoms with Gasteiger partial charge in [0.25, 0.3) is 0 Å². The highest BCUT2D eigenvalue weighted by Gasteiger charge is 2.31. The van der Waals surface area contributed by atoms with Crippen LogP contribution >= 0.6 is 0 Å². The van der Waals surface area contributed by atoms with Gasteiger partial charge in [0.2, 0.25) is 5.95 Å². The Morgan fingerprint density at radius 3 is 2.70 bits per heavy atom. The van der Waals surface area contributed by atoms with E-state index in [2.05, 4.69) is 25.4 Å². The minimum Gasteiger partial charge on any atom is -0.507 e. The maximum atomic E-state index is 12.7. The van der Waals surface area contributed by atoms with E-state index in [9.17, 15) is 18.3 Å². The SMILES string of the molecule is Cc1nc(N[C@@H]2CCN(CCO)C2)nnc1-c1ccc(C(F)(F)F)cc1O. The van der Waals surface area contributed by atoms with E-state index in [-0.39, 0.29) is 23.9 Å². The molecule has 1 aliphatic rings. The van der Waals surface area contributed by atoms with Crippen molar-refractivity contribution in [2.24, 2.45) is 0 Å². The third-order valence-corrected chi connectivity index (χ3v) is 4.46. The van der Waals surface area contributed by atoms with Crippen LogP contribution in [0.15, 0.2) is 18.2 Å². The average molecular weight is 383 g/mol. The number of phenolic OH excluding ortho intramolecular Hbond substituents is 1. The smallest absolute Gasteiger partial charge is 0.416 e. The van der Waals surface area contributed by atoms with Crippen LogP contribution in [0.1, 0.15) is 17.7 Å². The van der Waals surface area contributed by atoms with E-state index < -0.39 is 17.5 Å². The van der Waals surface area contributed by atoms with Gasteiger partial charge in [0.15, 0.2) is 0 Å². The second-order valence-electron chi connectivity index (χ2n) is 6.45. The number of benzene rings is 1. The second kappa shape index (κ2) is 7.65. The summed E-state index contributed by atoms with van der Waals surface area (Å²) in [6.45, 7) is 3.99. The highest BCUT2D eigenvalue weighted by atomic mass is 19.4. The molecule has 1 saturated heterocycles. The van der Waals surface area contributed by atoms with Crippen molar-refractivity contribution in [1.82, 2.24) is 20.1 Å². The van der Waals surface area contributed by atoms with E-state index in [1.807, 2.05) is 0 Å². The normalized spacial score (nSPS) is 18.0. The minimum atomic E-state index is -4.53. The second-order valence-corrected chi connectivity index (χ2v) is 6.45. The molecule has 0 spiro atoms. The van der Waals surface area contributed by atoms with Crippen LogP contribution in [0, 0.1) is 6.92 Å². The number of aromatic nitrogens is 3. The number of hydrogen-bond donors (Lipinski definition) is 3. The molecular weight excluding hydrogens is 363 g/mol. The van der Waals surface area contributed by atoms with Gasteiger partial charge in [-0.15, -0.1) is 10.2 Å². The molecule has 27 heavy (non-hydrogen) atoms. The van der Waals surface area contributed by atoms with E-state index in [4.69, 9.17) is 5.11 Å². The van der Waals surface area contributed by atoms with Crippen LogP contribution in [0.4, 0.5) is 19.1 Å². The lowest BCUT2D eigenvalue weighted by molar-refractivity contribution is -0.137. The summed E-state index contributed by atoms with van der Waals surface area (Å²) in [7, 11) is 0. The molecule has 2 aromatic rings. The molecule has 10 heteroatoms. The molecule has 1 aromatic heterocycles. The zero-order valence-electron chi connectivity index (χ0n) is 14.7. The number of hydrogen-bond acceptors (Lipinski definition) is 7. The fraction of sp³-hybridized carbons (Fsp3) is 0.471. The first-order chi connectivity index (χ1) is 12.8. The van der Waals surface area contributed by atoms with Crippen molar-refractivity contribution in [3.8, 4) is 17.0 Å². The van der Waals surface area contributed by atoms with Crippen molar-refractivity contribution in [3.63, 3.8) is 0 Å². The largest absolute Gasteiger partial charge is 0.507 e. The lowest BCUT2D eigenvalue weighted by Crippen LogP contribution is -2.29. The number of nitrogens with one attached hydrogen (secondary N) is 1. The Kier molecular flexibility index (Phi) is 5.47. The van der Waals surface area contributed by atoms with Crippen molar-refractivity contribution in [3.05, 3.63) is 29.5 Å². The molecule has 1 fully saturated rings. The molecule has 1 atom stereocenters. The van der Waals surface area contributed by atoms with Gasteiger partial charge in [-0.05, 0) is 31.5 Å². The number of aryl methyl sites for hydroxylation is 1. The number of phenols is 1. The van der Waals surface area contributed by atoms with Crippen LogP contribution in [0.5, 0.6) is 5.75 Å². The first kappa shape index (κ1) is 19.3. The Labute approximate surface area is 153 Å². The summed E-state index contributed by atoms with van der Waals surface area (Å²) in [4.78, 5) is 6.43. The van der Waals surface area contributed by atoms with Gasteiger partial charge in [0.1, 0.15) is 11.4 Å². The predicted octanol–water partition coefficient (Wildman–Crippen LogP) is 2.05. The van der Waals surface area contributed by atoms with Gasteiger partial charge >= 0.3 is 6.18 Å². The standard InChI is InChI=1S/C17H20F3N5O2/c1-10-15(13-3-2-11(8-14(13)27)17(18,19)20)23-24-16(21-10)22-12-4-5-25(9-12)6-7-26/h2-3,8,12,26-27H,4-7,9H2,1H3,(H,21,22,24)/t12-/m1/s1. The van der Waals surface area contributed by atoms with Crippen molar-refractivity contribution >= 4 is 5.95 Å². The number of aliphatic hydroxyl groups is 1. The lowest BCUT2D eigenvalue weighted by Gasteiger charge is -2.15. The molecule has 0 bridgehead atoms. The monoisotopic (exact) mass is 383 g/mol. The maximum absolute atomic E-state index is 12.7. The summed E-state index contributed by atoms with van der Waals surface area (Å²) < 4.78 is 38.2. The summed E-state index contributed by atoms with van der Waals surface area (Å²) in [6.07, 6.45) is -3.65. The van der Waals surface area contributed by atoms with Gasteiger partial charge in [0, 0.05) is 31.2 Å². The van der Waals surface area contributed by atoms with E-state index in [0.717, 1.165) is 31.6 Å². The van der Waals surface area contributed by atoms with Gasteiger partial charge < -0.3 is 15.5 Å². The molecule has 3 rings (SSSR count). The Bertz CT molecular complexity index is 816. The Balaban J connectivity index is 1.76. The van der Waals surface area contributed by atoms with Crippen LogP contribution in [-0.2, 0) is 6.18 Å². The van der Waals surface area contributed by atoms with E-state index in [0.29, 0.717) is 24.3 Å². The molecule has 0 saturated carbocycles. The van der Waals surface area contributed by atoms with Gasteiger partial charge in [-0.3, -0.25) is 4.90 Å². The number of aromatic hydroxyl groups is 1. The van der Waals surface area contributed by atoms with Crippen LogP contribution in [0.25, 0.3) is 11.3 Å². The molecule has 3 N–H and O–H groups in total. The number of aliphatic hydroxyl groups excluding tert-OH is 1. The zero-order valence-corrected chi connectivity index (χ0v) is 14.7. The summed E-state index contributed by atoms with van der Waals surface area (Å²) in [5.41, 5.74) is -0.135. The zero-order chi connectivity index (χ0) is 19.6. The van der Waals surface area contributed by atoms with Crippen molar-refractivity contribution in [2.45, 2.75) is 25.6 Å². The Morgan fingerprint density at radius 1 is 1.30 bits per heavy atom. The van der Waals surface area contributed by atoms with Gasteiger partial charge in [-0.25, -0.2) is 4.98 Å². The van der Waals surface area contributed by atoms with E-state index in [1.54, 1.807) is 6.92 Å². The fourth-order valence-electron chi connectivity index (χ4n) is 3.10. The molecule has 1 aliphatic heterocycles. The Hall–Kier alpha value is -2.46. The molecule has 0 unspecified atom stereocenters. The molecule has 0 radical (unpaired) electrons. The summed E-state index contributed by atoms with van der Waals surface area (Å²) in [5.74, 6) is -0.210. The van der Waals surface area contributed by atoms with Crippen LogP contribution in [0.3, 0.4) is 0 Å². The van der Waals surface area contributed by atoms with Crippen LogP contribution in [-0.4, -0.2) is 62.6 Å². The van der Waals surface area contributed by atoms with Crippen molar-refractivity contribution < 1.29 is 23.4 Å². The van der Waals surface area contributed by atoms with Crippen molar-refractivity contribution in [1.29, 1.82) is 0 Å². The highest BCUT2D eigenvalue weighted by molar-refractivity contribution is 5.69. The van der Waals surface area contributed by atoms with Crippen molar-refractivity contribution in [2.75, 3.05) is 31.6 Å². The predicted molar refractivity (Wildman–Crippen MR) is 92.2 cm³/mol. The number of rotatable bonds is 5. The number of alkyl halides is 3. The van der Waals surface area contributed by atoms with Crippen LogP contribution in [0.2, 0.25) is 0 Å².